The Labute approximate surface area is 126 Å². The standard InChI is InChI=1S/C18H24N2O/c1-12-8-9-17-16(10-12)15(13(2)19-17)11-18(21)20-14-6-4-3-5-7-14/h8-10,14,19H,3-7,11H2,1-2H3,(H,20,21). The summed E-state index contributed by atoms with van der Waals surface area (Å²) in [5, 5.41) is 4.40. The van der Waals surface area contributed by atoms with Crippen molar-refractivity contribution in [1.82, 2.24) is 10.3 Å². The number of aromatic nitrogens is 1. The lowest BCUT2D eigenvalue weighted by Crippen LogP contribution is -2.37. The summed E-state index contributed by atoms with van der Waals surface area (Å²) in [6.07, 6.45) is 6.56. The minimum atomic E-state index is 0.160. The zero-order valence-corrected chi connectivity index (χ0v) is 13.0. The van der Waals surface area contributed by atoms with Gasteiger partial charge in [0.05, 0.1) is 6.42 Å². The number of H-pyrrole nitrogens is 1. The van der Waals surface area contributed by atoms with Crippen LogP contribution in [-0.2, 0) is 11.2 Å². The van der Waals surface area contributed by atoms with Gasteiger partial charge in [-0.05, 0) is 44.4 Å². The molecule has 0 spiro atoms. The Bertz CT molecular complexity index is 651. The van der Waals surface area contributed by atoms with E-state index in [-0.39, 0.29) is 5.91 Å². The van der Waals surface area contributed by atoms with Gasteiger partial charge in [-0.3, -0.25) is 4.79 Å². The third-order valence-corrected chi connectivity index (χ3v) is 4.58. The number of aromatic amines is 1. The lowest BCUT2D eigenvalue weighted by molar-refractivity contribution is -0.121. The molecule has 3 nitrogen and oxygen atoms in total. The fourth-order valence-electron chi connectivity index (χ4n) is 3.41. The van der Waals surface area contributed by atoms with E-state index in [1.54, 1.807) is 0 Å². The molecular formula is C18H24N2O. The highest BCUT2D eigenvalue weighted by atomic mass is 16.1. The molecule has 0 saturated heterocycles. The second kappa shape index (κ2) is 5.92. The number of amides is 1. The Morgan fingerprint density at radius 2 is 2.00 bits per heavy atom. The van der Waals surface area contributed by atoms with E-state index in [1.165, 1.54) is 30.2 Å². The summed E-state index contributed by atoms with van der Waals surface area (Å²) in [6, 6.07) is 6.75. The van der Waals surface area contributed by atoms with Crippen LogP contribution in [0.25, 0.3) is 10.9 Å². The molecule has 3 heteroatoms. The van der Waals surface area contributed by atoms with E-state index in [4.69, 9.17) is 0 Å². The number of carbonyl (C=O) groups is 1. The Morgan fingerprint density at radius 1 is 1.24 bits per heavy atom. The summed E-state index contributed by atoms with van der Waals surface area (Å²) in [7, 11) is 0. The van der Waals surface area contributed by atoms with Crippen molar-refractivity contribution in [2.45, 2.75) is 58.4 Å². The maximum Gasteiger partial charge on any atom is 0.224 e. The summed E-state index contributed by atoms with van der Waals surface area (Å²) in [6.45, 7) is 4.15. The largest absolute Gasteiger partial charge is 0.358 e. The molecule has 1 aliphatic rings. The number of rotatable bonds is 3. The molecule has 2 aromatic rings. The Morgan fingerprint density at radius 3 is 2.76 bits per heavy atom. The fourth-order valence-corrected chi connectivity index (χ4v) is 3.41. The van der Waals surface area contributed by atoms with Gasteiger partial charge in [-0.1, -0.05) is 30.9 Å². The molecule has 2 N–H and O–H groups in total. The highest BCUT2D eigenvalue weighted by molar-refractivity contribution is 5.90. The molecule has 1 fully saturated rings. The third-order valence-electron chi connectivity index (χ3n) is 4.58. The molecule has 1 amide bonds. The third kappa shape index (κ3) is 3.12. The van der Waals surface area contributed by atoms with Crippen molar-refractivity contribution in [3.05, 3.63) is 35.0 Å². The van der Waals surface area contributed by atoms with Crippen LogP contribution >= 0.6 is 0 Å². The van der Waals surface area contributed by atoms with E-state index in [0.29, 0.717) is 12.5 Å². The second-order valence-corrected chi connectivity index (χ2v) is 6.36. The quantitative estimate of drug-likeness (QED) is 0.885. The van der Waals surface area contributed by atoms with E-state index in [0.717, 1.165) is 29.6 Å². The molecule has 0 bridgehead atoms. The molecule has 0 unspecified atom stereocenters. The number of hydrogen-bond acceptors (Lipinski definition) is 1. The maximum absolute atomic E-state index is 12.3. The predicted octanol–water partition coefficient (Wildman–Crippen LogP) is 3.78. The first-order valence-corrected chi connectivity index (χ1v) is 8.00. The predicted molar refractivity (Wildman–Crippen MR) is 86.5 cm³/mol. The van der Waals surface area contributed by atoms with Crippen molar-refractivity contribution in [2.75, 3.05) is 0 Å². The first-order chi connectivity index (χ1) is 10.1. The van der Waals surface area contributed by atoms with Crippen LogP contribution in [0.2, 0.25) is 0 Å². The lowest BCUT2D eigenvalue weighted by atomic mass is 9.95. The summed E-state index contributed by atoms with van der Waals surface area (Å²) >= 11 is 0. The van der Waals surface area contributed by atoms with Crippen LogP contribution in [0.3, 0.4) is 0 Å². The SMILES string of the molecule is Cc1ccc2[nH]c(C)c(CC(=O)NC3CCCCC3)c2c1. The molecule has 0 atom stereocenters. The minimum Gasteiger partial charge on any atom is -0.358 e. The summed E-state index contributed by atoms with van der Waals surface area (Å²) in [5.41, 5.74) is 4.60. The van der Waals surface area contributed by atoms with Crippen LogP contribution in [0, 0.1) is 13.8 Å². The molecule has 1 saturated carbocycles. The first kappa shape index (κ1) is 14.2. The van der Waals surface area contributed by atoms with E-state index in [9.17, 15) is 4.79 Å². The Balaban J connectivity index is 1.76. The molecule has 1 heterocycles. The van der Waals surface area contributed by atoms with Crippen molar-refractivity contribution >= 4 is 16.8 Å². The van der Waals surface area contributed by atoms with E-state index in [2.05, 4.69) is 42.3 Å². The van der Waals surface area contributed by atoms with Crippen LogP contribution in [0.1, 0.15) is 48.9 Å². The highest BCUT2D eigenvalue weighted by Gasteiger charge is 2.18. The smallest absolute Gasteiger partial charge is 0.224 e. The normalized spacial score (nSPS) is 16.3. The van der Waals surface area contributed by atoms with Gasteiger partial charge in [-0.25, -0.2) is 0 Å². The van der Waals surface area contributed by atoms with Gasteiger partial charge in [0, 0.05) is 22.6 Å². The fraction of sp³-hybridized carbons (Fsp3) is 0.500. The van der Waals surface area contributed by atoms with E-state index < -0.39 is 0 Å². The van der Waals surface area contributed by atoms with Gasteiger partial charge < -0.3 is 10.3 Å². The minimum absolute atomic E-state index is 0.160. The van der Waals surface area contributed by atoms with E-state index in [1.807, 2.05) is 0 Å². The van der Waals surface area contributed by atoms with Crippen LogP contribution in [0.15, 0.2) is 18.2 Å². The first-order valence-electron chi connectivity index (χ1n) is 8.00. The van der Waals surface area contributed by atoms with Crippen molar-refractivity contribution in [3.63, 3.8) is 0 Å². The lowest BCUT2D eigenvalue weighted by Gasteiger charge is -2.22. The van der Waals surface area contributed by atoms with Crippen molar-refractivity contribution in [2.24, 2.45) is 0 Å². The van der Waals surface area contributed by atoms with Crippen molar-refractivity contribution < 1.29 is 4.79 Å². The van der Waals surface area contributed by atoms with Gasteiger partial charge in [-0.2, -0.15) is 0 Å². The molecule has 1 aliphatic carbocycles. The molecule has 0 radical (unpaired) electrons. The van der Waals surface area contributed by atoms with Gasteiger partial charge >= 0.3 is 0 Å². The highest BCUT2D eigenvalue weighted by Crippen LogP contribution is 2.24. The summed E-state index contributed by atoms with van der Waals surface area (Å²) in [4.78, 5) is 15.7. The van der Waals surface area contributed by atoms with Gasteiger partial charge in [0.25, 0.3) is 0 Å². The zero-order chi connectivity index (χ0) is 14.8. The van der Waals surface area contributed by atoms with Crippen LogP contribution in [-0.4, -0.2) is 16.9 Å². The van der Waals surface area contributed by atoms with Crippen molar-refractivity contribution in [3.8, 4) is 0 Å². The van der Waals surface area contributed by atoms with E-state index >= 15 is 0 Å². The second-order valence-electron chi connectivity index (χ2n) is 6.36. The van der Waals surface area contributed by atoms with Gasteiger partial charge in [-0.15, -0.1) is 0 Å². The van der Waals surface area contributed by atoms with Crippen LogP contribution < -0.4 is 5.32 Å². The summed E-state index contributed by atoms with van der Waals surface area (Å²) < 4.78 is 0. The van der Waals surface area contributed by atoms with Gasteiger partial charge in [0.2, 0.25) is 5.91 Å². The molecule has 0 aliphatic heterocycles. The number of carbonyl (C=O) groups excluding carboxylic acids is 1. The monoisotopic (exact) mass is 284 g/mol. The van der Waals surface area contributed by atoms with Crippen molar-refractivity contribution in [1.29, 1.82) is 0 Å². The Kier molecular flexibility index (Phi) is 4.00. The average molecular weight is 284 g/mol. The van der Waals surface area contributed by atoms with Crippen LogP contribution in [0.4, 0.5) is 0 Å². The molecule has 1 aromatic carbocycles. The number of benzene rings is 1. The summed E-state index contributed by atoms with van der Waals surface area (Å²) in [5.74, 6) is 0.160. The zero-order valence-electron chi connectivity index (χ0n) is 13.0. The molecule has 21 heavy (non-hydrogen) atoms. The van der Waals surface area contributed by atoms with Gasteiger partial charge in [0.15, 0.2) is 0 Å². The average Bonchev–Trinajstić information content (AvgIpc) is 2.76. The maximum atomic E-state index is 12.3. The molecule has 112 valence electrons. The van der Waals surface area contributed by atoms with Gasteiger partial charge in [0.1, 0.15) is 0 Å². The molecule has 3 rings (SSSR count). The Hall–Kier alpha value is -1.77. The topological polar surface area (TPSA) is 44.9 Å². The number of aryl methyl sites for hydroxylation is 2. The number of fused-ring (bicyclic) bond motifs is 1. The van der Waals surface area contributed by atoms with Crippen LogP contribution in [0.5, 0.6) is 0 Å². The number of nitrogens with one attached hydrogen (secondary N) is 2. The molecular weight excluding hydrogens is 260 g/mol. The number of hydrogen-bond donors (Lipinski definition) is 2. The molecule has 1 aromatic heterocycles.